The first kappa shape index (κ1) is 14.1. The van der Waals surface area contributed by atoms with Crippen LogP contribution in [0.1, 0.15) is 47.5 Å². The molecule has 0 bridgehead atoms. The van der Waals surface area contributed by atoms with E-state index in [-0.39, 0.29) is 0 Å². The molecule has 1 N–H and O–H groups in total. The van der Waals surface area contributed by atoms with Gasteiger partial charge in [-0.25, -0.2) is 0 Å². The number of rotatable bonds is 4. The second-order valence-electron chi connectivity index (χ2n) is 5.58. The Hall–Kier alpha value is -1.87. The maximum absolute atomic E-state index is 11.6. The highest BCUT2D eigenvalue weighted by Gasteiger charge is 2.17. The van der Waals surface area contributed by atoms with E-state index in [9.17, 15) is 4.79 Å². The lowest BCUT2D eigenvalue weighted by Crippen LogP contribution is -1.88. The molecule has 2 nitrogen and oxygen atoms in total. The van der Waals surface area contributed by atoms with E-state index in [1.165, 1.54) is 10.4 Å². The van der Waals surface area contributed by atoms with Gasteiger partial charge in [0.2, 0.25) is 0 Å². The van der Waals surface area contributed by atoms with Crippen LogP contribution in [-0.4, -0.2) is 11.3 Å². The lowest BCUT2D eigenvalue weighted by Gasteiger charge is -2.06. The first-order chi connectivity index (χ1) is 10.2. The number of carbonyl (C=O) groups is 1. The van der Waals surface area contributed by atoms with Gasteiger partial charge in [0.25, 0.3) is 0 Å². The topological polar surface area (TPSA) is 32.9 Å². The van der Waals surface area contributed by atoms with Crippen LogP contribution >= 0.6 is 11.3 Å². The molecule has 3 rings (SSSR count). The number of benzene rings is 1. The van der Waals surface area contributed by atoms with Crippen molar-refractivity contribution in [2.75, 3.05) is 0 Å². The highest BCUT2D eigenvalue weighted by Crippen LogP contribution is 2.36. The summed E-state index contributed by atoms with van der Waals surface area (Å²) in [4.78, 5) is 17.6. The standard InChI is InChI=1S/C18H19NOS/c1-4-12-8-9-16(21-12)18-15(10-20)14-7-5-6-13(11(2)3)17(14)19-18/h5-11,19H,4H2,1-3H3. The molecule has 0 amide bonds. The summed E-state index contributed by atoms with van der Waals surface area (Å²) in [5.74, 6) is 0.425. The van der Waals surface area contributed by atoms with E-state index in [4.69, 9.17) is 0 Å². The molecule has 0 spiro atoms. The van der Waals surface area contributed by atoms with Gasteiger partial charge in [-0.15, -0.1) is 11.3 Å². The number of aldehydes is 1. The highest BCUT2D eigenvalue weighted by atomic mass is 32.1. The lowest BCUT2D eigenvalue weighted by atomic mass is 9.99. The second-order valence-corrected chi connectivity index (χ2v) is 6.74. The molecule has 2 aromatic heterocycles. The average molecular weight is 297 g/mol. The minimum absolute atomic E-state index is 0.425. The Bertz CT molecular complexity index is 795. The molecule has 1 aromatic carbocycles. The normalized spacial score (nSPS) is 11.4. The van der Waals surface area contributed by atoms with E-state index in [0.717, 1.165) is 39.7 Å². The molecular formula is C18H19NOS. The molecule has 0 fully saturated rings. The van der Waals surface area contributed by atoms with Crippen molar-refractivity contribution in [3.63, 3.8) is 0 Å². The number of H-pyrrole nitrogens is 1. The fourth-order valence-electron chi connectivity index (χ4n) is 2.76. The van der Waals surface area contributed by atoms with Crippen molar-refractivity contribution < 1.29 is 4.79 Å². The van der Waals surface area contributed by atoms with Crippen molar-refractivity contribution in [2.24, 2.45) is 0 Å². The van der Waals surface area contributed by atoms with Crippen LogP contribution in [0.2, 0.25) is 0 Å². The fourth-order valence-corrected chi connectivity index (χ4v) is 3.72. The zero-order chi connectivity index (χ0) is 15.0. The van der Waals surface area contributed by atoms with E-state index in [2.05, 4.69) is 44.0 Å². The summed E-state index contributed by atoms with van der Waals surface area (Å²) in [5, 5.41) is 1.03. The third kappa shape index (κ3) is 2.32. The van der Waals surface area contributed by atoms with Crippen molar-refractivity contribution in [3.8, 4) is 10.6 Å². The van der Waals surface area contributed by atoms with Gasteiger partial charge in [-0.2, -0.15) is 0 Å². The molecule has 3 heteroatoms. The highest BCUT2D eigenvalue weighted by molar-refractivity contribution is 7.15. The Morgan fingerprint density at radius 2 is 2.05 bits per heavy atom. The van der Waals surface area contributed by atoms with Crippen molar-refractivity contribution in [1.29, 1.82) is 0 Å². The van der Waals surface area contributed by atoms with Crippen LogP contribution in [0.15, 0.2) is 30.3 Å². The van der Waals surface area contributed by atoms with Crippen LogP contribution in [0.4, 0.5) is 0 Å². The van der Waals surface area contributed by atoms with E-state index in [1.54, 1.807) is 11.3 Å². The fraction of sp³-hybridized carbons (Fsp3) is 0.278. The number of aromatic amines is 1. The van der Waals surface area contributed by atoms with E-state index < -0.39 is 0 Å². The van der Waals surface area contributed by atoms with E-state index >= 15 is 0 Å². The zero-order valence-electron chi connectivity index (χ0n) is 12.6. The van der Waals surface area contributed by atoms with Gasteiger partial charge in [-0.05, 0) is 30.0 Å². The minimum atomic E-state index is 0.425. The lowest BCUT2D eigenvalue weighted by molar-refractivity contribution is 0.112. The third-order valence-electron chi connectivity index (χ3n) is 3.90. The van der Waals surface area contributed by atoms with Gasteiger partial charge in [0.05, 0.1) is 16.1 Å². The number of aryl methyl sites for hydroxylation is 1. The number of hydrogen-bond acceptors (Lipinski definition) is 2. The van der Waals surface area contributed by atoms with Crippen molar-refractivity contribution in [2.45, 2.75) is 33.1 Å². The number of nitrogens with one attached hydrogen (secondary N) is 1. The van der Waals surface area contributed by atoms with Gasteiger partial charge in [-0.1, -0.05) is 39.0 Å². The minimum Gasteiger partial charge on any atom is -0.353 e. The summed E-state index contributed by atoms with van der Waals surface area (Å²) in [5.41, 5.74) is 4.08. The van der Waals surface area contributed by atoms with Crippen LogP contribution in [0.25, 0.3) is 21.5 Å². The van der Waals surface area contributed by atoms with Gasteiger partial charge in [0.15, 0.2) is 6.29 Å². The summed E-state index contributed by atoms with van der Waals surface area (Å²) >= 11 is 1.75. The van der Waals surface area contributed by atoms with Gasteiger partial charge in [-0.3, -0.25) is 4.79 Å². The summed E-state index contributed by atoms with van der Waals surface area (Å²) in [6.07, 6.45) is 2.00. The van der Waals surface area contributed by atoms with Gasteiger partial charge in [0, 0.05) is 15.8 Å². The number of carbonyl (C=O) groups excluding carboxylic acids is 1. The van der Waals surface area contributed by atoms with Gasteiger partial charge < -0.3 is 4.98 Å². The van der Waals surface area contributed by atoms with Gasteiger partial charge >= 0.3 is 0 Å². The molecule has 0 aliphatic heterocycles. The molecule has 21 heavy (non-hydrogen) atoms. The van der Waals surface area contributed by atoms with Crippen molar-refractivity contribution >= 4 is 28.5 Å². The number of aromatic nitrogens is 1. The predicted molar refractivity (Wildman–Crippen MR) is 90.5 cm³/mol. The molecule has 108 valence electrons. The number of thiophene rings is 1. The third-order valence-corrected chi connectivity index (χ3v) is 5.15. The van der Waals surface area contributed by atoms with Crippen LogP contribution < -0.4 is 0 Å². The first-order valence-electron chi connectivity index (χ1n) is 7.34. The summed E-state index contributed by atoms with van der Waals surface area (Å²) in [6, 6.07) is 10.4. The maximum atomic E-state index is 11.6. The van der Waals surface area contributed by atoms with Crippen molar-refractivity contribution in [3.05, 3.63) is 46.3 Å². The Morgan fingerprint density at radius 3 is 2.67 bits per heavy atom. The monoisotopic (exact) mass is 297 g/mol. The second kappa shape index (κ2) is 5.49. The molecule has 0 radical (unpaired) electrons. The molecular weight excluding hydrogens is 278 g/mol. The Kier molecular flexibility index (Phi) is 3.68. The van der Waals surface area contributed by atoms with Crippen LogP contribution in [0, 0.1) is 0 Å². The molecule has 0 saturated heterocycles. The van der Waals surface area contributed by atoms with E-state index in [1.807, 2.05) is 12.1 Å². The van der Waals surface area contributed by atoms with Crippen LogP contribution in [0.5, 0.6) is 0 Å². The van der Waals surface area contributed by atoms with E-state index in [0.29, 0.717) is 5.92 Å². The Balaban J connectivity index is 2.28. The molecule has 0 atom stereocenters. The zero-order valence-corrected chi connectivity index (χ0v) is 13.4. The molecule has 0 saturated carbocycles. The average Bonchev–Trinajstić information content (AvgIpc) is 3.10. The Morgan fingerprint density at radius 1 is 1.24 bits per heavy atom. The molecule has 2 heterocycles. The number of para-hydroxylation sites is 1. The summed E-state index contributed by atoms with van der Waals surface area (Å²) in [6.45, 7) is 6.50. The summed E-state index contributed by atoms with van der Waals surface area (Å²) < 4.78 is 0. The number of fused-ring (bicyclic) bond motifs is 1. The van der Waals surface area contributed by atoms with Crippen molar-refractivity contribution in [1.82, 2.24) is 4.98 Å². The maximum Gasteiger partial charge on any atom is 0.152 e. The van der Waals surface area contributed by atoms with Crippen LogP contribution in [0.3, 0.4) is 0 Å². The largest absolute Gasteiger partial charge is 0.353 e. The Labute approximate surface area is 128 Å². The van der Waals surface area contributed by atoms with Crippen LogP contribution in [-0.2, 0) is 6.42 Å². The molecule has 3 aromatic rings. The van der Waals surface area contributed by atoms with Gasteiger partial charge in [0.1, 0.15) is 0 Å². The number of hydrogen-bond donors (Lipinski definition) is 1. The quantitative estimate of drug-likeness (QED) is 0.643. The summed E-state index contributed by atoms with van der Waals surface area (Å²) in [7, 11) is 0. The molecule has 0 aliphatic rings. The molecule has 0 unspecified atom stereocenters. The molecule has 0 aliphatic carbocycles. The predicted octanol–water partition coefficient (Wildman–Crippen LogP) is 5.39. The smallest absolute Gasteiger partial charge is 0.152 e. The first-order valence-corrected chi connectivity index (χ1v) is 8.16. The SMILES string of the molecule is CCc1ccc(-c2[nH]c3c(C(C)C)cccc3c2C=O)s1.